The maximum absolute atomic E-state index is 13.9. The van der Waals surface area contributed by atoms with Gasteiger partial charge in [0.1, 0.15) is 5.65 Å². The number of fused-ring (bicyclic) bond motifs is 1. The third kappa shape index (κ3) is 3.25. The van der Waals surface area contributed by atoms with Crippen molar-refractivity contribution in [1.29, 1.82) is 0 Å². The molecule has 2 aromatic heterocycles. The van der Waals surface area contributed by atoms with E-state index in [9.17, 15) is 9.18 Å². The Hall–Kier alpha value is -1.67. The molecule has 3 heterocycles. The molecule has 24 heavy (non-hydrogen) atoms. The summed E-state index contributed by atoms with van der Waals surface area (Å²) in [6, 6.07) is 0.107. The van der Waals surface area contributed by atoms with Gasteiger partial charge in [-0.05, 0) is 42.6 Å². The van der Waals surface area contributed by atoms with Crippen molar-refractivity contribution in [2.24, 2.45) is 5.73 Å². The summed E-state index contributed by atoms with van der Waals surface area (Å²) in [6.45, 7) is 4.06. The molecule has 1 atom stereocenters. The molecule has 6 nitrogen and oxygen atoms in total. The molecule has 0 saturated carbocycles. The van der Waals surface area contributed by atoms with Gasteiger partial charge in [0.2, 0.25) is 0 Å². The number of nitrogens with zero attached hydrogens (tertiary/aromatic N) is 2. The molecule has 3 rings (SSSR count). The van der Waals surface area contributed by atoms with Crippen LogP contribution in [0.25, 0.3) is 11.0 Å². The summed E-state index contributed by atoms with van der Waals surface area (Å²) in [5, 5.41) is 3.42. The minimum absolute atomic E-state index is 0.107. The van der Waals surface area contributed by atoms with Crippen LogP contribution < -0.4 is 16.0 Å². The standard InChI is InChI=1S/C16H21BrFN5O/c1-16(2,18)15(24)22-11-7-21-14-12(11)13(10(17)6-20-14)23-5-3-4-9(19)8-23/h6-7,9H,3-5,8,19H2,1-2H3,(H,20,21)(H,22,24). The van der Waals surface area contributed by atoms with Crippen LogP contribution in [-0.2, 0) is 4.79 Å². The molecule has 1 aliphatic rings. The van der Waals surface area contributed by atoms with Crippen LogP contribution in [0, 0.1) is 0 Å². The summed E-state index contributed by atoms with van der Waals surface area (Å²) in [6.07, 6.45) is 5.36. The molecule has 4 N–H and O–H groups in total. The van der Waals surface area contributed by atoms with E-state index in [-0.39, 0.29) is 6.04 Å². The van der Waals surface area contributed by atoms with E-state index < -0.39 is 11.6 Å². The topological polar surface area (TPSA) is 87.0 Å². The second-order valence-electron chi connectivity index (χ2n) is 6.66. The number of pyridine rings is 1. The molecule has 0 radical (unpaired) electrons. The number of alkyl halides is 1. The molecule has 130 valence electrons. The average molecular weight is 398 g/mol. The normalized spacial score (nSPS) is 18.9. The summed E-state index contributed by atoms with van der Waals surface area (Å²) >= 11 is 3.55. The minimum Gasteiger partial charge on any atom is -0.368 e. The van der Waals surface area contributed by atoms with E-state index in [0.717, 1.165) is 41.5 Å². The fraction of sp³-hybridized carbons (Fsp3) is 0.500. The smallest absolute Gasteiger partial charge is 0.261 e. The van der Waals surface area contributed by atoms with Crippen molar-refractivity contribution in [2.75, 3.05) is 23.3 Å². The SMILES string of the molecule is CC(C)(F)C(=O)Nc1c[nH]c2ncc(Br)c(N3CCCC(N)C3)c12. The van der Waals surface area contributed by atoms with Gasteiger partial charge in [-0.15, -0.1) is 0 Å². The summed E-state index contributed by atoms with van der Waals surface area (Å²) in [7, 11) is 0. The van der Waals surface area contributed by atoms with Gasteiger partial charge in [0, 0.05) is 31.5 Å². The van der Waals surface area contributed by atoms with Crippen molar-refractivity contribution in [2.45, 2.75) is 38.4 Å². The number of aromatic amines is 1. The molecule has 1 unspecified atom stereocenters. The van der Waals surface area contributed by atoms with Gasteiger partial charge in [-0.2, -0.15) is 0 Å². The number of hydrogen-bond acceptors (Lipinski definition) is 4. The predicted molar refractivity (Wildman–Crippen MR) is 97.0 cm³/mol. The molecule has 8 heteroatoms. The van der Waals surface area contributed by atoms with E-state index >= 15 is 0 Å². The largest absolute Gasteiger partial charge is 0.368 e. The van der Waals surface area contributed by atoms with Crippen LogP contribution in [-0.4, -0.2) is 40.7 Å². The van der Waals surface area contributed by atoms with Crippen molar-refractivity contribution >= 4 is 44.2 Å². The van der Waals surface area contributed by atoms with Crippen molar-refractivity contribution < 1.29 is 9.18 Å². The van der Waals surface area contributed by atoms with Gasteiger partial charge in [-0.25, -0.2) is 9.37 Å². The zero-order valence-electron chi connectivity index (χ0n) is 13.7. The highest BCUT2D eigenvalue weighted by molar-refractivity contribution is 9.10. The lowest BCUT2D eigenvalue weighted by Crippen LogP contribution is -2.43. The summed E-state index contributed by atoms with van der Waals surface area (Å²) in [4.78, 5) is 21.6. The van der Waals surface area contributed by atoms with E-state index in [1.54, 1.807) is 12.4 Å². The van der Waals surface area contributed by atoms with Crippen LogP contribution in [0.1, 0.15) is 26.7 Å². The molecule has 0 spiro atoms. The molecule has 2 aromatic rings. The maximum Gasteiger partial charge on any atom is 0.261 e. The second-order valence-corrected chi connectivity index (χ2v) is 7.51. The second kappa shape index (κ2) is 6.33. The number of nitrogens with one attached hydrogen (secondary N) is 2. The number of carbonyl (C=O) groups excluding carboxylic acids is 1. The first-order valence-corrected chi connectivity index (χ1v) is 8.73. The zero-order chi connectivity index (χ0) is 17.5. The fourth-order valence-corrected chi connectivity index (χ4v) is 3.50. The Bertz CT molecular complexity index is 770. The molecular formula is C16H21BrFN5O. The number of amides is 1. The number of aromatic nitrogens is 2. The fourth-order valence-electron chi connectivity index (χ4n) is 2.95. The third-order valence-electron chi connectivity index (χ3n) is 4.19. The average Bonchev–Trinajstić information content (AvgIpc) is 2.89. The van der Waals surface area contributed by atoms with Gasteiger partial charge < -0.3 is 20.9 Å². The maximum atomic E-state index is 13.9. The number of halogens is 2. The van der Waals surface area contributed by atoms with Crippen molar-refractivity contribution in [3.05, 3.63) is 16.9 Å². The molecule has 0 aliphatic carbocycles. The Labute approximate surface area is 148 Å². The molecule has 1 saturated heterocycles. The van der Waals surface area contributed by atoms with Crippen LogP contribution in [0.3, 0.4) is 0 Å². The molecule has 1 fully saturated rings. The Morgan fingerprint density at radius 2 is 2.33 bits per heavy atom. The third-order valence-corrected chi connectivity index (χ3v) is 4.77. The van der Waals surface area contributed by atoms with E-state index in [2.05, 4.69) is 36.1 Å². The number of nitrogens with two attached hydrogens (primary N) is 1. The Morgan fingerprint density at radius 3 is 3.00 bits per heavy atom. The monoisotopic (exact) mass is 397 g/mol. The summed E-state index contributed by atoms with van der Waals surface area (Å²) in [5.41, 5.74) is 6.22. The quantitative estimate of drug-likeness (QED) is 0.742. The number of piperidine rings is 1. The highest BCUT2D eigenvalue weighted by atomic mass is 79.9. The lowest BCUT2D eigenvalue weighted by Gasteiger charge is -2.33. The zero-order valence-corrected chi connectivity index (χ0v) is 15.3. The van der Waals surface area contributed by atoms with Crippen molar-refractivity contribution in [3.63, 3.8) is 0 Å². The minimum atomic E-state index is -1.96. The van der Waals surface area contributed by atoms with E-state index in [1.807, 2.05) is 0 Å². The summed E-state index contributed by atoms with van der Waals surface area (Å²) in [5.74, 6) is -0.690. The molecule has 1 amide bonds. The van der Waals surface area contributed by atoms with Crippen LogP contribution in [0.15, 0.2) is 16.9 Å². The first-order chi connectivity index (χ1) is 11.3. The van der Waals surface area contributed by atoms with Crippen LogP contribution >= 0.6 is 15.9 Å². The van der Waals surface area contributed by atoms with Gasteiger partial charge in [0.25, 0.3) is 5.91 Å². The van der Waals surface area contributed by atoms with E-state index in [0.29, 0.717) is 11.3 Å². The Morgan fingerprint density at radius 1 is 1.58 bits per heavy atom. The van der Waals surface area contributed by atoms with Crippen molar-refractivity contribution in [3.8, 4) is 0 Å². The highest BCUT2D eigenvalue weighted by Crippen LogP contribution is 2.39. The molecular weight excluding hydrogens is 377 g/mol. The number of H-pyrrole nitrogens is 1. The number of rotatable bonds is 3. The van der Waals surface area contributed by atoms with Crippen molar-refractivity contribution in [1.82, 2.24) is 9.97 Å². The molecule has 1 aliphatic heterocycles. The first kappa shape index (κ1) is 17.2. The van der Waals surface area contributed by atoms with Gasteiger partial charge in [-0.3, -0.25) is 4.79 Å². The van der Waals surface area contributed by atoms with Gasteiger partial charge in [0.15, 0.2) is 5.67 Å². The van der Waals surface area contributed by atoms with Gasteiger partial charge in [0.05, 0.1) is 21.2 Å². The van der Waals surface area contributed by atoms with Crippen LogP contribution in [0.2, 0.25) is 0 Å². The first-order valence-electron chi connectivity index (χ1n) is 7.94. The van der Waals surface area contributed by atoms with Gasteiger partial charge in [-0.1, -0.05) is 0 Å². The molecule has 0 aromatic carbocycles. The predicted octanol–water partition coefficient (Wildman–Crippen LogP) is 2.94. The van der Waals surface area contributed by atoms with Gasteiger partial charge >= 0.3 is 0 Å². The highest BCUT2D eigenvalue weighted by Gasteiger charge is 2.29. The van der Waals surface area contributed by atoms with E-state index in [4.69, 9.17) is 5.73 Å². The summed E-state index contributed by atoms with van der Waals surface area (Å²) < 4.78 is 14.7. The number of carbonyl (C=O) groups is 1. The lowest BCUT2D eigenvalue weighted by atomic mass is 10.1. The van der Waals surface area contributed by atoms with E-state index in [1.165, 1.54) is 13.8 Å². The molecule has 0 bridgehead atoms. The lowest BCUT2D eigenvalue weighted by molar-refractivity contribution is -0.125. The Kier molecular flexibility index (Phi) is 4.52. The van der Waals surface area contributed by atoms with Crippen LogP contribution in [0.4, 0.5) is 15.8 Å². The number of anilines is 2. The Balaban J connectivity index is 2.06. The van der Waals surface area contributed by atoms with Crippen LogP contribution in [0.5, 0.6) is 0 Å². The number of hydrogen-bond donors (Lipinski definition) is 3.